The molecule has 1 heterocycles. The number of thioether (sulfide) groups is 1. The molecular weight excluding hydrogens is 387 g/mol. The van der Waals surface area contributed by atoms with Crippen LogP contribution in [0.3, 0.4) is 0 Å². The van der Waals surface area contributed by atoms with Gasteiger partial charge in [-0.25, -0.2) is 4.98 Å². The fraction of sp³-hybridized carbons (Fsp3) is 0.550. The summed E-state index contributed by atoms with van der Waals surface area (Å²) < 4.78 is 0. The van der Waals surface area contributed by atoms with Crippen molar-refractivity contribution in [3.05, 3.63) is 45.5 Å². The molecule has 0 aliphatic heterocycles. The quantitative estimate of drug-likeness (QED) is 0.492. The molecule has 2 N–H and O–H groups in total. The smallest absolute Gasteiger partial charge is 0.106 e. The average molecular weight is 413 g/mol. The Morgan fingerprint density at radius 3 is 2.50 bits per heavy atom. The summed E-state index contributed by atoms with van der Waals surface area (Å²) in [5.74, 6) is 3.56. The number of H-pyrrole nitrogens is 1. The number of nitrogens with one attached hydrogen (secondary N) is 1. The Labute approximate surface area is 169 Å². The van der Waals surface area contributed by atoms with Gasteiger partial charge in [0.05, 0.1) is 5.69 Å². The van der Waals surface area contributed by atoms with E-state index < -0.39 is 0 Å². The van der Waals surface area contributed by atoms with E-state index in [0.29, 0.717) is 21.9 Å². The SMILES string of the molecule is CC(C)c1nc(CCCO)[nH]c1C(CSc1cc(Cl)cc(Cl)c1)C1CC1. The minimum Gasteiger partial charge on any atom is -0.396 e. The van der Waals surface area contributed by atoms with Crippen molar-refractivity contribution in [1.82, 2.24) is 9.97 Å². The van der Waals surface area contributed by atoms with Gasteiger partial charge in [-0.1, -0.05) is 37.0 Å². The standard InChI is InChI=1S/C20H26Cl2N2OS/c1-12(2)19-20(24-18(23-19)4-3-7-25)17(13-5-6-13)11-26-16-9-14(21)8-15(22)10-16/h8-10,12-13,17,25H,3-7,11H2,1-2H3,(H,23,24). The molecule has 0 amide bonds. The fourth-order valence-electron chi connectivity index (χ4n) is 3.29. The van der Waals surface area contributed by atoms with E-state index in [1.807, 2.05) is 23.9 Å². The zero-order valence-electron chi connectivity index (χ0n) is 15.3. The van der Waals surface area contributed by atoms with Crippen molar-refractivity contribution in [3.63, 3.8) is 0 Å². The Bertz CT molecular complexity index is 723. The zero-order chi connectivity index (χ0) is 18.7. The van der Waals surface area contributed by atoms with Gasteiger partial charge in [0.2, 0.25) is 0 Å². The molecule has 3 nitrogen and oxygen atoms in total. The van der Waals surface area contributed by atoms with Gasteiger partial charge in [0.15, 0.2) is 0 Å². The molecule has 142 valence electrons. The van der Waals surface area contributed by atoms with Gasteiger partial charge < -0.3 is 10.1 Å². The van der Waals surface area contributed by atoms with E-state index in [1.54, 1.807) is 6.07 Å². The van der Waals surface area contributed by atoms with Crippen molar-refractivity contribution >= 4 is 35.0 Å². The summed E-state index contributed by atoms with van der Waals surface area (Å²) in [7, 11) is 0. The van der Waals surface area contributed by atoms with E-state index in [1.165, 1.54) is 24.2 Å². The van der Waals surface area contributed by atoms with Gasteiger partial charge >= 0.3 is 0 Å². The predicted molar refractivity (Wildman–Crippen MR) is 111 cm³/mol. The summed E-state index contributed by atoms with van der Waals surface area (Å²) >= 11 is 14.1. The van der Waals surface area contributed by atoms with Crippen molar-refractivity contribution < 1.29 is 5.11 Å². The highest BCUT2D eigenvalue weighted by atomic mass is 35.5. The van der Waals surface area contributed by atoms with Gasteiger partial charge in [0.25, 0.3) is 0 Å². The Hall–Kier alpha value is -0.680. The van der Waals surface area contributed by atoms with Crippen LogP contribution in [0, 0.1) is 5.92 Å². The Morgan fingerprint density at radius 2 is 1.92 bits per heavy atom. The van der Waals surface area contributed by atoms with E-state index in [-0.39, 0.29) is 6.61 Å². The normalized spacial score (nSPS) is 15.6. The number of aliphatic hydroxyl groups excluding tert-OH is 1. The summed E-state index contributed by atoms with van der Waals surface area (Å²) in [5, 5.41) is 10.5. The molecule has 0 radical (unpaired) electrons. The Morgan fingerprint density at radius 1 is 1.23 bits per heavy atom. The Kier molecular flexibility index (Phi) is 6.95. The van der Waals surface area contributed by atoms with Gasteiger partial charge in [-0.05, 0) is 49.3 Å². The molecule has 1 saturated carbocycles. The largest absolute Gasteiger partial charge is 0.396 e. The summed E-state index contributed by atoms with van der Waals surface area (Å²) in [6.07, 6.45) is 4.10. The number of benzene rings is 1. The lowest BCUT2D eigenvalue weighted by atomic mass is 9.96. The van der Waals surface area contributed by atoms with Crippen molar-refractivity contribution in [2.24, 2.45) is 5.92 Å². The lowest BCUT2D eigenvalue weighted by molar-refractivity contribution is 0.287. The highest BCUT2D eigenvalue weighted by Gasteiger charge is 2.35. The van der Waals surface area contributed by atoms with Crippen molar-refractivity contribution in [1.29, 1.82) is 0 Å². The molecule has 0 bridgehead atoms. The summed E-state index contributed by atoms with van der Waals surface area (Å²) in [6.45, 7) is 4.59. The molecule has 1 unspecified atom stereocenters. The van der Waals surface area contributed by atoms with Gasteiger partial charge in [0.1, 0.15) is 5.82 Å². The van der Waals surface area contributed by atoms with Crippen LogP contribution in [0.4, 0.5) is 0 Å². The maximum Gasteiger partial charge on any atom is 0.106 e. The van der Waals surface area contributed by atoms with Crippen LogP contribution in [-0.2, 0) is 6.42 Å². The first-order valence-electron chi connectivity index (χ1n) is 9.26. The van der Waals surface area contributed by atoms with Crippen molar-refractivity contribution in [3.8, 4) is 0 Å². The molecule has 3 rings (SSSR count). The van der Waals surface area contributed by atoms with Crippen LogP contribution in [-0.4, -0.2) is 27.4 Å². The Balaban J connectivity index is 1.80. The number of rotatable bonds is 9. The lowest BCUT2D eigenvalue weighted by Gasteiger charge is -2.17. The third kappa shape index (κ3) is 5.19. The van der Waals surface area contributed by atoms with E-state index >= 15 is 0 Å². The maximum absolute atomic E-state index is 9.11. The second kappa shape index (κ2) is 9.01. The highest BCUT2D eigenvalue weighted by Crippen LogP contribution is 2.46. The van der Waals surface area contributed by atoms with Crippen LogP contribution in [0.2, 0.25) is 10.0 Å². The first-order chi connectivity index (χ1) is 12.5. The number of halogens is 2. The van der Waals surface area contributed by atoms with E-state index in [4.69, 9.17) is 33.3 Å². The van der Waals surface area contributed by atoms with Crippen LogP contribution in [0.15, 0.2) is 23.1 Å². The molecule has 6 heteroatoms. The molecule has 1 atom stereocenters. The van der Waals surface area contributed by atoms with Crippen LogP contribution >= 0.6 is 35.0 Å². The lowest BCUT2D eigenvalue weighted by Crippen LogP contribution is -2.09. The van der Waals surface area contributed by atoms with Crippen molar-refractivity contribution in [2.45, 2.75) is 56.3 Å². The minimum atomic E-state index is 0.199. The minimum absolute atomic E-state index is 0.199. The topological polar surface area (TPSA) is 48.9 Å². The van der Waals surface area contributed by atoms with Gasteiger partial charge in [-0.2, -0.15) is 0 Å². The summed E-state index contributed by atoms with van der Waals surface area (Å²) in [6, 6.07) is 5.72. The van der Waals surface area contributed by atoms with Crippen LogP contribution in [0.5, 0.6) is 0 Å². The molecule has 1 fully saturated rings. The molecule has 1 aromatic carbocycles. The number of aromatic nitrogens is 2. The molecule has 0 saturated heterocycles. The van der Waals surface area contributed by atoms with E-state index in [9.17, 15) is 0 Å². The molecule has 1 aliphatic carbocycles. The van der Waals surface area contributed by atoms with Gasteiger partial charge in [-0.15, -0.1) is 11.8 Å². The van der Waals surface area contributed by atoms with E-state index in [0.717, 1.165) is 35.2 Å². The number of imidazole rings is 1. The zero-order valence-corrected chi connectivity index (χ0v) is 17.6. The number of nitrogens with zero attached hydrogens (tertiary/aromatic N) is 1. The maximum atomic E-state index is 9.11. The fourth-order valence-corrected chi connectivity index (χ4v) is 5.18. The second-order valence-corrected chi connectivity index (χ2v) is 9.29. The number of aromatic amines is 1. The number of hydrogen-bond acceptors (Lipinski definition) is 3. The van der Waals surface area contributed by atoms with Gasteiger partial charge in [0, 0.05) is 45.3 Å². The number of aliphatic hydroxyl groups is 1. The third-order valence-electron chi connectivity index (χ3n) is 4.76. The number of hydrogen-bond donors (Lipinski definition) is 2. The molecule has 0 spiro atoms. The number of aryl methyl sites for hydroxylation is 1. The monoisotopic (exact) mass is 412 g/mol. The van der Waals surface area contributed by atoms with Gasteiger partial charge in [-0.3, -0.25) is 0 Å². The molecule has 2 aromatic rings. The average Bonchev–Trinajstić information content (AvgIpc) is 3.31. The summed E-state index contributed by atoms with van der Waals surface area (Å²) in [5.41, 5.74) is 2.47. The molecular formula is C20H26Cl2N2OS. The van der Waals surface area contributed by atoms with E-state index in [2.05, 4.69) is 18.8 Å². The van der Waals surface area contributed by atoms with Crippen LogP contribution in [0.25, 0.3) is 0 Å². The molecule has 1 aromatic heterocycles. The van der Waals surface area contributed by atoms with Crippen molar-refractivity contribution in [2.75, 3.05) is 12.4 Å². The second-order valence-electron chi connectivity index (χ2n) is 7.32. The predicted octanol–water partition coefficient (Wildman–Crippen LogP) is 6.05. The third-order valence-corrected chi connectivity index (χ3v) is 6.29. The van der Waals surface area contributed by atoms with Crippen LogP contribution in [0.1, 0.15) is 62.2 Å². The van der Waals surface area contributed by atoms with Crippen LogP contribution < -0.4 is 0 Å². The molecule has 1 aliphatic rings. The molecule has 26 heavy (non-hydrogen) atoms. The first-order valence-corrected chi connectivity index (χ1v) is 11.0. The summed E-state index contributed by atoms with van der Waals surface area (Å²) in [4.78, 5) is 9.54. The highest BCUT2D eigenvalue weighted by molar-refractivity contribution is 7.99. The first kappa shape index (κ1) is 20.1.